The summed E-state index contributed by atoms with van der Waals surface area (Å²) in [5.74, 6) is 1.54. The number of rotatable bonds is 7. The number of carbonyl (C=O) groups is 1. The molecule has 25 heavy (non-hydrogen) atoms. The zero-order valence-corrected chi connectivity index (χ0v) is 17.2. The average Bonchev–Trinajstić information content (AvgIpc) is 2.91. The van der Waals surface area contributed by atoms with Crippen molar-refractivity contribution in [2.75, 3.05) is 19.1 Å². The Kier molecular flexibility index (Phi) is 5.51. The lowest BCUT2D eigenvalue weighted by Gasteiger charge is -2.64. The molecule has 6 atom stereocenters. The van der Waals surface area contributed by atoms with Crippen LogP contribution in [-0.4, -0.2) is 55.9 Å². The summed E-state index contributed by atoms with van der Waals surface area (Å²) in [6.07, 6.45) is 5.07. The highest BCUT2D eigenvalue weighted by atomic mass is 32.2. The molecule has 142 valence electrons. The number of nitrogens with one attached hydrogen (secondary N) is 1. The van der Waals surface area contributed by atoms with Crippen molar-refractivity contribution in [3.63, 3.8) is 0 Å². The number of hydrogen-bond acceptors (Lipinski definition) is 5. The zero-order valence-electron chi connectivity index (χ0n) is 16.3. The van der Waals surface area contributed by atoms with Crippen molar-refractivity contribution in [2.45, 2.75) is 70.7 Å². The standard InChI is InChI=1S/C18H32BNO4S/c1-11(22-5)7-15(20-16(21)10-25-6)19-23-14-9-12-8-13(17(12,2)3)18(14,4)24-19/h11-15H,7-10H2,1-6H3,(H,20,21)/t11?,12-,13-,14?,15-,18-/m0/s1. The van der Waals surface area contributed by atoms with Gasteiger partial charge in [-0.2, -0.15) is 11.8 Å². The second-order valence-electron chi connectivity index (χ2n) is 8.73. The van der Waals surface area contributed by atoms with E-state index in [1.807, 2.05) is 13.2 Å². The van der Waals surface area contributed by atoms with Crippen LogP contribution in [-0.2, 0) is 18.8 Å². The van der Waals surface area contributed by atoms with Gasteiger partial charge in [-0.15, -0.1) is 0 Å². The first kappa shape index (κ1) is 19.5. The molecule has 1 heterocycles. The number of ether oxygens (including phenoxy) is 1. The predicted molar refractivity (Wildman–Crippen MR) is 102 cm³/mol. The third-order valence-corrected chi connectivity index (χ3v) is 7.46. The van der Waals surface area contributed by atoms with E-state index in [-0.39, 0.29) is 29.7 Å². The fourth-order valence-corrected chi connectivity index (χ4v) is 5.49. The van der Waals surface area contributed by atoms with Gasteiger partial charge >= 0.3 is 7.12 Å². The van der Waals surface area contributed by atoms with Gasteiger partial charge in [-0.25, -0.2) is 0 Å². The third-order valence-electron chi connectivity index (χ3n) is 6.91. The fraction of sp³-hybridized carbons (Fsp3) is 0.944. The van der Waals surface area contributed by atoms with Crippen LogP contribution in [0.5, 0.6) is 0 Å². The number of amides is 1. The van der Waals surface area contributed by atoms with Gasteiger partial charge in [-0.3, -0.25) is 4.79 Å². The molecule has 0 aromatic carbocycles. The van der Waals surface area contributed by atoms with E-state index in [4.69, 9.17) is 14.0 Å². The summed E-state index contributed by atoms with van der Waals surface area (Å²) in [6, 6.07) is 0. The molecule has 0 spiro atoms. The lowest BCUT2D eigenvalue weighted by molar-refractivity contribution is -0.199. The monoisotopic (exact) mass is 369 g/mol. The topological polar surface area (TPSA) is 56.8 Å². The Hall–Kier alpha value is -0.235. The van der Waals surface area contributed by atoms with Crippen molar-refractivity contribution in [3.05, 3.63) is 0 Å². The quantitative estimate of drug-likeness (QED) is 0.699. The third kappa shape index (κ3) is 3.37. The Bertz CT molecular complexity index is 519. The number of hydrogen-bond donors (Lipinski definition) is 1. The van der Waals surface area contributed by atoms with Crippen LogP contribution in [0, 0.1) is 17.3 Å². The molecule has 1 amide bonds. The molecular formula is C18H32BNO4S. The maximum absolute atomic E-state index is 12.2. The van der Waals surface area contributed by atoms with Crippen LogP contribution in [0.4, 0.5) is 0 Å². The second-order valence-corrected chi connectivity index (χ2v) is 9.59. The molecule has 0 aromatic heterocycles. The summed E-state index contributed by atoms with van der Waals surface area (Å²) >= 11 is 1.52. The summed E-state index contributed by atoms with van der Waals surface area (Å²) in [6.45, 7) is 8.93. The van der Waals surface area contributed by atoms with E-state index in [1.165, 1.54) is 18.2 Å². The molecule has 2 bridgehead atoms. The molecule has 7 heteroatoms. The summed E-state index contributed by atoms with van der Waals surface area (Å²) in [5.41, 5.74) is 0.0721. The van der Waals surface area contributed by atoms with Crippen LogP contribution in [0.15, 0.2) is 0 Å². The lowest BCUT2D eigenvalue weighted by Crippen LogP contribution is -2.65. The van der Waals surface area contributed by atoms with Gasteiger partial charge in [0.05, 0.1) is 29.5 Å². The van der Waals surface area contributed by atoms with Crippen LogP contribution in [0.1, 0.15) is 47.0 Å². The largest absolute Gasteiger partial charge is 0.481 e. The summed E-state index contributed by atoms with van der Waals surface area (Å²) in [5, 5.41) is 3.11. The first-order valence-electron chi connectivity index (χ1n) is 9.36. The molecular weight excluding hydrogens is 337 g/mol. The van der Waals surface area contributed by atoms with E-state index in [0.717, 1.165) is 12.3 Å². The van der Waals surface area contributed by atoms with Gasteiger partial charge in [0, 0.05) is 7.11 Å². The van der Waals surface area contributed by atoms with Gasteiger partial charge in [-0.05, 0) is 56.6 Å². The van der Waals surface area contributed by atoms with E-state index >= 15 is 0 Å². The Morgan fingerprint density at radius 3 is 2.72 bits per heavy atom. The zero-order chi connectivity index (χ0) is 18.4. The normalized spacial score (nSPS) is 37.8. The molecule has 2 unspecified atom stereocenters. The summed E-state index contributed by atoms with van der Waals surface area (Å²) in [4.78, 5) is 12.2. The Balaban J connectivity index is 1.73. The van der Waals surface area contributed by atoms with E-state index < -0.39 is 7.12 Å². The van der Waals surface area contributed by atoms with Crippen molar-refractivity contribution >= 4 is 24.8 Å². The highest BCUT2D eigenvalue weighted by molar-refractivity contribution is 7.99. The van der Waals surface area contributed by atoms with Gasteiger partial charge in [0.25, 0.3) is 0 Å². The second kappa shape index (κ2) is 7.06. The van der Waals surface area contributed by atoms with Gasteiger partial charge in [0.2, 0.25) is 5.91 Å². The van der Waals surface area contributed by atoms with E-state index in [0.29, 0.717) is 23.5 Å². The van der Waals surface area contributed by atoms with Gasteiger partial charge in [0.1, 0.15) is 0 Å². The van der Waals surface area contributed by atoms with Crippen LogP contribution in [0.3, 0.4) is 0 Å². The minimum atomic E-state index is -0.395. The molecule has 5 nitrogen and oxygen atoms in total. The SMILES string of the molecule is COC(C)C[C@H](NC(=O)CSC)B1OC2C[C@@H]3C[C@@H](C3(C)C)[C@]2(C)O1. The Morgan fingerprint density at radius 2 is 2.12 bits per heavy atom. The Morgan fingerprint density at radius 1 is 1.40 bits per heavy atom. The fourth-order valence-electron chi connectivity index (χ4n) is 5.14. The molecule has 4 rings (SSSR count). The molecule has 4 aliphatic rings. The number of methoxy groups -OCH3 is 1. The van der Waals surface area contributed by atoms with Crippen molar-refractivity contribution in [2.24, 2.45) is 17.3 Å². The molecule has 3 aliphatic carbocycles. The molecule has 1 saturated heterocycles. The highest BCUT2D eigenvalue weighted by Gasteiger charge is 2.68. The lowest BCUT2D eigenvalue weighted by atomic mass is 9.43. The first-order chi connectivity index (χ1) is 11.7. The maximum atomic E-state index is 12.2. The molecule has 0 aromatic rings. The van der Waals surface area contributed by atoms with Gasteiger partial charge in [-0.1, -0.05) is 13.8 Å². The van der Waals surface area contributed by atoms with Crippen LogP contribution < -0.4 is 5.32 Å². The molecule has 0 radical (unpaired) electrons. The van der Waals surface area contributed by atoms with Crippen molar-refractivity contribution < 1.29 is 18.8 Å². The first-order valence-corrected chi connectivity index (χ1v) is 10.8. The van der Waals surface area contributed by atoms with Crippen molar-refractivity contribution in [1.82, 2.24) is 5.32 Å². The maximum Gasteiger partial charge on any atom is 0.481 e. The van der Waals surface area contributed by atoms with Gasteiger partial charge in [0.15, 0.2) is 0 Å². The minimum Gasteiger partial charge on any atom is -0.404 e. The number of carbonyl (C=O) groups excluding carboxylic acids is 1. The predicted octanol–water partition coefficient (Wildman–Crippen LogP) is 2.53. The van der Waals surface area contributed by atoms with Crippen LogP contribution in [0.2, 0.25) is 0 Å². The van der Waals surface area contributed by atoms with Crippen LogP contribution >= 0.6 is 11.8 Å². The minimum absolute atomic E-state index is 0.0256. The van der Waals surface area contributed by atoms with Crippen molar-refractivity contribution in [1.29, 1.82) is 0 Å². The van der Waals surface area contributed by atoms with E-state index in [1.54, 1.807) is 7.11 Å². The smallest absolute Gasteiger partial charge is 0.404 e. The summed E-state index contributed by atoms with van der Waals surface area (Å²) < 4.78 is 18.3. The molecule has 1 aliphatic heterocycles. The van der Waals surface area contributed by atoms with Crippen LogP contribution in [0.25, 0.3) is 0 Å². The Labute approximate surface area is 156 Å². The number of thioether (sulfide) groups is 1. The van der Waals surface area contributed by atoms with Gasteiger partial charge < -0.3 is 19.4 Å². The average molecular weight is 369 g/mol. The van der Waals surface area contributed by atoms with E-state index in [2.05, 4.69) is 26.1 Å². The molecule has 3 saturated carbocycles. The molecule has 4 fully saturated rings. The van der Waals surface area contributed by atoms with Crippen molar-refractivity contribution in [3.8, 4) is 0 Å². The molecule has 1 N–H and O–H groups in total. The highest BCUT2D eigenvalue weighted by Crippen LogP contribution is 2.65. The summed E-state index contributed by atoms with van der Waals surface area (Å²) in [7, 11) is 1.30. The van der Waals surface area contributed by atoms with E-state index in [9.17, 15) is 4.79 Å².